The Hall–Kier alpha value is -2.48. The van der Waals surface area contributed by atoms with Crippen LogP contribution in [0.1, 0.15) is 0 Å². The van der Waals surface area contributed by atoms with Crippen molar-refractivity contribution in [2.75, 3.05) is 5.32 Å². The molecule has 0 saturated carbocycles. The van der Waals surface area contributed by atoms with Crippen LogP contribution in [0.5, 0.6) is 0 Å². The normalized spacial score (nSPS) is 9.27. The molecule has 0 saturated heterocycles. The van der Waals surface area contributed by atoms with Crippen LogP contribution in [0.3, 0.4) is 0 Å². The van der Waals surface area contributed by atoms with E-state index in [1.807, 2.05) is 12.1 Å². The fraction of sp³-hybridized carbons (Fsp3) is 0. The van der Waals surface area contributed by atoms with Crippen molar-refractivity contribution >= 4 is 5.82 Å². The Kier molecular flexibility index (Phi) is 2.52. The molecule has 0 spiro atoms. The highest BCUT2D eigenvalue weighted by molar-refractivity contribution is 5.58. The minimum atomic E-state index is 0.440. The number of nitrogens with one attached hydrogen (secondary N) is 1. The quantitative estimate of drug-likeness (QED) is 0.582. The van der Waals surface area contributed by atoms with Gasteiger partial charge < -0.3 is 0 Å². The first kappa shape index (κ1) is 9.09. The van der Waals surface area contributed by atoms with Gasteiger partial charge in [-0.2, -0.15) is 5.26 Å². The number of hydrogen-bond acceptors (Lipinski definition) is 5. The minimum Gasteiger partial charge on any atom is -0.275 e. The largest absolute Gasteiger partial charge is 0.275 e. The summed E-state index contributed by atoms with van der Waals surface area (Å²) in [6.45, 7) is 0. The van der Waals surface area contributed by atoms with Crippen LogP contribution in [0.25, 0.3) is 11.3 Å². The molecule has 0 unspecified atom stereocenters. The van der Waals surface area contributed by atoms with Crippen LogP contribution in [0.4, 0.5) is 5.82 Å². The second-order valence-electron chi connectivity index (χ2n) is 2.78. The summed E-state index contributed by atoms with van der Waals surface area (Å²) in [5, 5.41) is 18.6. The molecule has 2 aromatic heterocycles. The molecule has 0 aromatic carbocycles. The van der Waals surface area contributed by atoms with Crippen molar-refractivity contribution in [1.82, 2.24) is 15.2 Å². The second kappa shape index (κ2) is 4.15. The number of hydrogen-bond donors (Lipinski definition) is 1. The van der Waals surface area contributed by atoms with Crippen LogP contribution < -0.4 is 5.32 Å². The zero-order valence-electron chi connectivity index (χ0n) is 7.75. The SMILES string of the molecule is N#CNc1ccc(-c2ccncc2)nn1. The van der Waals surface area contributed by atoms with Gasteiger partial charge in [0.15, 0.2) is 12.0 Å². The third kappa shape index (κ3) is 2.06. The monoisotopic (exact) mass is 197 g/mol. The van der Waals surface area contributed by atoms with E-state index in [-0.39, 0.29) is 0 Å². The van der Waals surface area contributed by atoms with E-state index in [9.17, 15) is 0 Å². The highest BCUT2D eigenvalue weighted by Gasteiger charge is 1.99. The minimum absolute atomic E-state index is 0.440. The van der Waals surface area contributed by atoms with Gasteiger partial charge in [0.2, 0.25) is 0 Å². The molecule has 2 rings (SSSR count). The number of nitrogens with zero attached hydrogens (tertiary/aromatic N) is 4. The van der Waals surface area contributed by atoms with E-state index in [2.05, 4.69) is 20.5 Å². The van der Waals surface area contributed by atoms with Gasteiger partial charge in [0.1, 0.15) is 0 Å². The van der Waals surface area contributed by atoms with Gasteiger partial charge in [-0.3, -0.25) is 10.3 Å². The first-order valence-electron chi connectivity index (χ1n) is 4.29. The van der Waals surface area contributed by atoms with Gasteiger partial charge >= 0.3 is 0 Å². The number of aromatic nitrogens is 3. The Morgan fingerprint density at radius 1 is 1.07 bits per heavy atom. The maximum atomic E-state index is 8.37. The Morgan fingerprint density at radius 2 is 1.87 bits per heavy atom. The maximum Gasteiger partial charge on any atom is 0.182 e. The van der Waals surface area contributed by atoms with Crippen LogP contribution >= 0.6 is 0 Å². The average Bonchev–Trinajstić information content (AvgIpc) is 2.32. The predicted molar refractivity (Wildman–Crippen MR) is 54.5 cm³/mol. The van der Waals surface area contributed by atoms with E-state index in [0.717, 1.165) is 11.3 Å². The molecule has 2 aromatic rings. The molecular weight excluding hydrogens is 190 g/mol. The molecule has 0 radical (unpaired) electrons. The van der Waals surface area contributed by atoms with E-state index >= 15 is 0 Å². The number of rotatable bonds is 2. The van der Waals surface area contributed by atoms with Crippen LogP contribution in [0.2, 0.25) is 0 Å². The molecule has 15 heavy (non-hydrogen) atoms. The zero-order valence-corrected chi connectivity index (χ0v) is 7.75. The molecule has 0 fully saturated rings. The summed E-state index contributed by atoms with van der Waals surface area (Å²) in [5.74, 6) is 0.440. The molecule has 5 heteroatoms. The zero-order chi connectivity index (χ0) is 10.5. The summed E-state index contributed by atoms with van der Waals surface area (Å²) in [7, 11) is 0. The maximum absolute atomic E-state index is 8.37. The lowest BCUT2D eigenvalue weighted by atomic mass is 10.2. The van der Waals surface area contributed by atoms with Crippen molar-refractivity contribution in [1.29, 1.82) is 5.26 Å². The van der Waals surface area contributed by atoms with Crippen molar-refractivity contribution in [3.63, 3.8) is 0 Å². The molecule has 72 valence electrons. The van der Waals surface area contributed by atoms with Gasteiger partial charge in [-0.1, -0.05) is 0 Å². The van der Waals surface area contributed by atoms with Crippen molar-refractivity contribution in [2.45, 2.75) is 0 Å². The van der Waals surface area contributed by atoms with Gasteiger partial charge in [0.25, 0.3) is 0 Å². The van der Waals surface area contributed by atoms with Crippen LogP contribution in [0.15, 0.2) is 36.7 Å². The van der Waals surface area contributed by atoms with E-state index in [4.69, 9.17) is 5.26 Å². The third-order valence-corrected chi connectivity index (χ3v) is 1.82. The van der Waals surface area contributed by atoms with E-state index in [0.29, 0.717) is 5.82 Å². The summed E-state index contributed by atoms with van der Waals surface area (Å²) in [4.78, 5) is 3.91. The topological polar surface area (TPSA) is 74.5 Å². The number of nitriles is 1. The molecule has 0 bridgehead atoms. The van der Waals surface area contributed by atoms with Crippen LogP contribution in [-0.4, -0.2) is 15.2 Å². The molecule has 1 N–H and O–H groups in total. The molecule has 0 aliphatic carbocycles. The first-order chi connectivity index (χ1) is 7.40. The highest BCUT2D eigenvalue weighted by atomic mass is 15.2. The molecular formula is C10H7N5. The molecule has 0 amide bonds. The Bertz CT molecular complexity index is 471. The van der Waals surface area contributed by atoms with Crippen LogP contribution in [-0.2, 0) is 0 Å². The van der Waals surface area contributed by atoms with E-state index in [1.165, 1.54) is 0 Å². The highest BCUT2D eigenvalue weighted by Crippen LogP contribution is 2.15. The molecule has 5 nitrogen and oxygen atoms in total. The molecule has 0 aliphatic rings. The fourth-order valence-electron chi connectivity index (χ4n) is 1.13. The first-order valence-corrected chi connectivity index (χ1v) is 4.29. The lowest BCUT2D eigenvalue weighted by molar-refractivity contribution is 1.04. The third-order valence-electron chi connectivity index (χ3n) is 1.82. The number of pyridine rings is 1. The lowest BCUT2D eigenvalue weighted by Crippen LogP contribution is -1.94. The smallest absolute Gasteiger partial charge is 0.182 e. The summed E-state index contributed by atoms with van der Waals surface area (Å²) in [5.41, 5.74) is 1.70. The van der Waals surface area contributed by atoms with Gasteiger partial charge in [0.05, 0.1) is 5.69 Å². The van der Waals surface area contributed by atoms with Crippen molar-refractivity contribution in [3.8, 4) is 17.5 Å². The fourth-order valence-corrected chi connectivity index (χ4v) is 1.13. The van der Waals surface area contributed by atoms with Gasteiger partial charge in [-0.25, -0.2) is 0 Å². The molecule has 0 atom stereocenters. The van der Waals surface area contributed by atoms with Gasteiger partial charge in [-0.15, -0.1) is 10.2 Å². The van der Waals surface area contributed by atoms with Gasteiger partial charge in [0, 0.05) is 18.0 Å². The second-order valence-corrected chi connectivity index (χ2v) is 2.78. The van der Waals surface area contributed by atoms with Gasteiger partial charge in [-0.05, 0) is 24.3 Å². The van der Waals surface area contributed by atoms with E-state index in [1.54, 1.807) is 30.7 Å². The van der Waals surface area contributed by atoms with Crippen molar-refractivity contribution in [2.24, 2.45) is 0 Å². The number of anilines is 1. The Morgan fingerprint density at radius 3 is 2.47 bits per heavy atom. The molecule has 2 heterocycles. The summed E-state index contributed by atoms with van der Waals surface area (Å²) >= 11 is 0. The van der Waals surface area contributed by atoms with Crippen LogP contribution in [0, 0.1) is 11.5 Å². The lowest BCUT2D eigenvalue weighted by Gasteiger charge is -1.99. The standard InChI is InChI=1S/C10H7N5/c11-7-13-10-2-1-9(14-15-10)8-3-5-12-6-4-8/h1-6H,(H,13,15). The Labute approximate surface area is 86.4 Å². The average molecular weight is 197 g/mol. The summed E-state index contributed by atoms with van der Waals surface area (Å²) in [6.07, 6.45) is 5.17. The summed E-state index contributed by atoms with van der Waals surface area (Å²) < 4.78 is 0. The summed E-state index contributed by atoms with van der Waals surface area (Å²) in [6, 6.07) is 7.19. The van der Waals surface area contributed by atoms with Crippen molar-refractivity contribution in [3.05, 3.63) is 36.7 Å². The molecule has 0 aliphatic heterocycles. The van der Waals surface area contributed by atoms with E-state index < -0.39 is 0 Å². The Balaban J connectivity index is 2.29. The van der Waals surface area contributed by atoms with Crippen molar-refractivity contribution < 1.29 is 0 Å². The predicted octanol–water partition coefficient (Wildman–Crippen LogP) is 1.43.